The van der Waals surface area contributed by atoms with Gasteiger partial charge in [0.15, 0.2) is 0 Å². The first-order valence-electron chi connectivity index (χ1n) is 9.59. The maximum Gasteiger partial charge on any atom is 0.290 e. The van der Waals surface area contributed by atoms with Crippen LogP contribution in [0.4, 0.5) is 4.79 Å². The number of hydrogen-bond donors (Lipinski definition) is 1. The Morgan fingerprint density at radius 2 is 1.77 bits per heavy atom. The molecule has 7 heteroatoms. The minimum atomic E-state index is -0.370. The van der Waals surface area contributed by atoms with E-state index in [2.05, 4.69) is 10.3 Å². The standard InChI is InChI=1S/C24H19N3O3S/c1-27(23(29)19-5-3-2-4-6-19)15-17-11-20(14-25-13-17)18-9-7-16(8-10-18)12-21-22(28)26-24(30)31-21/h2-14H,15H2,1H3,(H,26,28,30). The van der Waals surface area contributed by atoms with Crippen molar-refractivity contribution < 1.29 is 14.4 Å². The highest BCUT2D eigenvalue weighted by Gasteiger charge is 2.24. The predicted molar refractivity (Wildman–Crippen MR) is 121 cm³/mol. The van der Waals surface area contributed by atoms with E-state index in [4.69, 9.17) is 0 Å². The summed E-state index contributed by atoms with van der Waals surface area (Å²) in [6.45, 7) is 0.444. The highest BCUT2D eigenvalue weighted by Crippen LogP contribution is 2.27. The van der Waals surface area contributed by atoms with Crippen molar-refractivity contribution in [3.8, 4) is 11.1 Å². The molecule has 1 aliphatic heterocycles. The molecule has 0 aliphatic carbocycles. The first-order chi connectivity index (χ1) is 15.0. The van der Waals surface area contributed by atoms with Crippen LogP contribution in [-0.4, -0.2) is 34.0 Å². The van der Waals surface area contributed by atoms with Crippen LogP contribution in [0.2, 0.25) is 0 Å². The van der Waals surface area contributed by atoms with E-state index in [-0.39, 0.29) is 17.1 Å². The first-order valence-corrected chi connectivity index (χ1v) is 10.4. The molecule has 2 aromatic carbocycles. The van der Waals surface area contributed by atoms with Gasteiger partial charge in [-0.2, -0.15) is 0 Å². The second-order valence-corrected chi connectivity index (χ2v) is 8.10. The zero-order valence-corrected chi connectivity index (χ0v) is 17.6. The van der Waals surface area contributed by atoms with Gasteiger partial charge in [0, 0.05) is 37.1 Å². The Labute approximate surface area is 184 Å². The lowest BCUT2D eigenvalue weighted by atomic mass is 10.0. The fourth-order valence-electron chi connectivity index (χ4n) is 3.22. The number of imide groups is 1. The van der Waals surface area contributed by atoms with Crippen LogP contribution in [0, 0.1) is 0 Å². The van der Waals surface area contributed by atoms with E-state index in [1.165, 1.54) is 0 Å². The van der Waals surface area contributed by atoms with Crippen LogP contribution in [0.1, 0.15) is 21.5 Å². The van der Waals surface area contributed by atoms with Gasteiger partial charge in [-0.15, -0.1) is 0 Å². The van der Waals surface area contributed by atoms with Crippen LogP contribution in [-0.2, 0) is 11.3 Å². The Balaban J connectivity index is 1.48. The van der Waals surface area contributed by atoms with Crippen molar-refractivity contribution in [2.24, 2.45) is 0 Å². The van der Waals surface area contributed by atoms with Crippen LogP contribution in [0.15, 0.2) is 78.0 Å². The van der Waals surface area contributed by atoms with Crippen LogP contribution in [0.25, 0.3) is 17.2 Å². The second kappa shape index (κ2) is 8.97. The quantitative estimate of drug-likeness (QED) is 0.610. The number of benzene rings is 2. The molecule has 1 aromatic heterocycles. The summed E-state index contributed by atoms with van der Waals surface area (Å²) >= 11 is 0.897. The lowest BCUT2D eigenvalue weighted by Crippen LogP contribution is -2.26. The summed E-state index contributed by atoms with van der Waals surface area (Å²) in [5.41, 5.74) is 4.30. The number of pyridine rings is 1. The maximum absolute atomic E-state index is 12.6. The van der Waals surface area contributed by atoms with E-state index in [9.17, 15) is 14.4 Å². The van der Waals surface area contributed by atoms with E-state index in [0.717, 1.165) is 34.0 Å². The maximum atomic E-state index is 12.6. The fourth-order valence-corrected chi connectivity index (χ4v) is 3.91. The summed E-state index contributed by atoms with van der Waals surface area (Å²) in [6, 6.07) is 18.8. The highest BCUT2D eigenvalue weighted by molar-refractivity contribution is 8.18. The van der Waals surface area contributed by atoms with Crippen molar-refractivity contribution in [3.05, 3.63) is 94.7 Å². The Bertz CT molecular complexity index is 1170. The predicted octanol–water partition coefficient (Wildman–Crippen LogP) is 4.34. The van der Waals surface area contributed by atoms with Gasteiger partial charge in [0.05, 0.1) is 4.91 Å². The van der Waals surface area contributed by atoms with E-state index >= 15 is 0 Å². The Hall–Kier alpha value is -3.71. The summed E-state index contributed by atoms with van der Waals surface area (Å²) in [5.74, 6) is -0.416. The molecule has 31 heavy (non-hydrogen) atoms. The van der Waals surface area contributed by atoms with E-state index in [1.807, 2.05) is 48.5 Å². The molecule has 0 radical (unpaired) electrons. The van der Waals surface area contributed by atoms with Crippen molar-refractivity contribution in [3.63, 3.8) is 0 Å². The number of carbonyl (C=O) groups excluding carboxylic acids is 3. The Kier molecular flexibility index (Phi) is 5.95. The third-order valence-corrected chi connectivity index (χ3v) is 5.58. The van der Waals surface area contributed by atoms with Crippen LogP contribution >= 0.6 is 11.8 Å². The van der Waals surface area contributed by atoms with Gasteiger partial charge in [0.25, 0.3) is 17.1 Å². The molecule has 154 valence electrons. The van der Waals surface area contributed by atoms with E-state index in [0.29, 0.717) is 17.0 Å². The molecule has 6 nitrogen and oxygen atoms in total. The minimum Gasteiger partial charge on any atom is -0.337 e. The fraction of sp³-hybridized carbons (Fsp3) is 0.0833. The van der Waals surface area contributed by atoms with Crippen molar-refractivity contribution >= 4 is 34.9 Å². The van der Waals surface area contributed by atoms with Crippen LogP contribution in [0.3, 0.4) is 0 Å². The molecule has 0 bridgehead atoms. The summed E-state index contributed by atoms with van der Waals surface area (Å²) in [7, 11) is 1.77. The third kappa shape index (κ3) is 4.90. The molecule has 4 rings (SSSR count). The molecule has 1 saturated heterocycles. The molecule has 0 unspecified atom stereocenters. The third-order valence-electron chi connectivity index (χ3n) is 4.77. The zero-order chi connectivity index (χ0) is 21.8. The van der Waals surface area contributed by atoms with Crippen molar-refractivity contribution in [2.45, 2.75) is 6.54 Å². The number of nitrogens with zero attached hydrogens (tertiary/aromatic N) is 2. The van der Waals surface area contributed by atoms with Crippen LogP contribution < -0.4 is 5.32 Å². The lowest BCUT2D eigenvalue weighted by Gasteiger charge is -2.17. The molecule has 1 N–H and O–H groups in total. The first kappa shape index (κ1) is 20.6. The number of amides is 3. The van der Waals surface area contributed by atoms with E-state index < -0.39 is 0 Å². The molecule has 0 atom stereocenters. The normalized spacial score (nSPS) is 14.5. The van der Waals surface area contributed by atoms with Gasteiger partial charge < -0.3 is 4.90 Å². The molecule has 0 saturated carbocycles. The highest BCUT2D eigenvalue weighted by atomic mass is 32.2. The van der Waals surface area contributed by atoms with Crippen molar-refractivity contribution in [1.82, 2.24) is 15.2 Å². The van der Waals surface area contributed by atoms with Gasteiger partial charge in [-0.1, -0.05) is 42.5 Å². The zero-order valence-electron chi connectivity index (χ0n) is 16.7. The monoisotopic (exact) mass is 429 g/mol. The molecule has 3 aromatic rings. The molecular formula is C24H19N3O3S. The summed E-state index contributed by atoms with van der Waals surface area (Å²) in [4.78, 5) is 41.9. The second-order valence-electron chi connectivity index (χ2n) is 7.08. The lowest BCUT2D eigenvalue weighted by molar-refractivity contribution is -0.115. The number of aromatic nitrogens is 1. The molecule has 1 fully saturated rings. The van der Waals surface area contributed by atoms with Crippen molar-refractivity contribution in [1.29, 1.82) is 0 Å². The van der Waals surface area contributed by atoms with Crippen molar-refractivity contribution in [2.75, 3.05) is 7.05 Å². The number of rotatable bonds is 5. The Morgan fingerprint density at radius 3 is 2.45 bits per heavy atom. The molecule has 0 spiro atoms. The summed E-state index contributed by atoms with van der Waals surface area (Å²) in [5, 5.41) is 1.89. The molecular weight excluding hydrogens is 410 g/mol. The smallest absolute Gasteiger partial charge is 0.290 e. The molecule has 3 amide bonds. The minimum absolute atomic E-state index is 0.0457. The average molecular weight is 430 g/mol. The number of hydrogen-bond acceptors (Lipinski definition) is 5. The molecule has 1 aliphatic rings. The van der Waals surface area contributed by atoms with Gasteiger partial charge in [0.2, 0.25) is 0 Å². The van der Waals surface area contributed by atoms with Gasteiger partial charge in [-0.05, 0) is 52.7 Å². The SMILES string of the molecule is CN(Cc1cncc(-c2ccc(C=C3SC(=O)NC3=O)cc2)c1)C(=O)c1ccccc1. The number of thioether (sulfide) groups is 1. The van der Waals surface area contributed by atoms with E-state index in [1.54, 1.807) is 42.6 Å². The molecule has 2 heterocycles. The number of carbonyl (C=O) groups is 3. The Morgan fingerprint density at radius 1 is 1.03 bits per heavy atom. The topological polar surface area (TPSA) is 79.4 Å². The van der Waals surface area contributed by atoms with Gasteiger partial charge >= 0.3 is 0 Å². The van der Waals surface area contributed by atoms with Gasteiger partial charge in [0.1, 0.15) is 0 Å². The number of nitrogens with one attached hydrogen (secondary N) is 1. The summed E-state index contributed by atoms with van der Waals surface area (Å²) < 4.78 is 0. The van der Waals surface area contributed by atoms with Gasteiger partial charge in [-0.3, -0.25) is 24.7 Å². The van der Waals surface area contributed by atoms with Gasteiger partial charge in [-0.25, -0.2) is 0 Å². The van der Waals surface area contributed by atoms with Crippen LogP contribution in [0.5, 0.6) is 0 Å². The largest absolute Gasteiger partial charge is 0.337 e. The average Bonchev–Trinajstić information content (AvgIpc) is 3.11. The summed E-state index contributed by atoms with van der Waals surface area (Å²) in [6.07, 6.45) is 5.21.